The van der Waals surface area contributed by atoms with Crippen molar-refractivity contribution in [2.24, 2.45) is 7.05 Å². The molecule has 1 aromatic heterocycles. The van der Waals surface area contributed by atoms with Gasteiger partial charge in [-0.15, -0.1) is 0 Å². The summed E-state index contributed by atoms with van der Waals surface area (Å²) in [7, 11) is 1.93. The largest absolute Gasteiger partial charge is 0.379 e. The van der Waals surface area contributed by atoms with Crippen molar-refractivity contribution in [3.8, 4) is 0 Å². The summed E-state index contributed by atoms with van der Waals surface area (Å²) >= 11 is 0. The van der Waals surface area contributed by atoms with Crippen LogP contribution >= 0.6 is 0 Å². The van der Waals surface area contributed by atoms with Gasteiger partial charge in [0, 0.05) is 18.9 Å². The van der Waals surface area contributed by atoms with Crippen molar-refractivity contribution in [2.75, 3.05) is 5.32 Å². The predicted molar refractivity (Wildman–Crippen MR) is 66.5 cm³/mol. The molecule has 0 aliphatic carbocycles. The van der Waals surface area contributed by atoms with Crippen LogP contribution in [0.5, 0.6) is 0 Å². The van der Waals surface area contributed by atoms with Crippen molar-refractivity contribution in [2.45, 2.75) is 20.4 Å². The van der Waals surface area contributed by atoms with Crippen LogP contribution in [0, 0.1) is 13.8 Å². The summed E-state index contributed by atoms with van der Waals surface area (Å²) < 4.78 is 1.82. The Morgan fingerprint density at radius 3 is 2.75 bits per heavy atom. The van der Waals surface area contributed by atoms with Crippen LogP contribution in [0.2, 0.25) is 0 Å². The standard InChI is InChI=1S/C13H17N3/c1-10-5-4-6-13(11(10)2)14-9-12-7-8-16(3)15-12/h4-8,14H,9H2,1-3H3. The van der Waals surface area contributed by atoms with Gasteiger partial charge in [0.05, 0.1) is 12.2 Å². The summed E-state index contributed by atoms with van der Waals surface area (Å²) in [5.74, 6) is 0. The number of nitrogens with one attached hydrogen (secondary N) is 1. The summed E-state index contributed by atoms with van der Waals surface area (Å²) in [5, 5.41) is 7.74. The number of aromatic nitrogens is 2. The van der Waals surface area contributed by atoms with E-state index in [1.54, 1.807) is 0 Å². The zero-order chi connectivity index (χ0) is 11.5. The van der Waals surface area contributed by atoms with E-state index in [1.807, 2.05) is 24.0 Å². The zero-order valence-corrected chi connectivity index (χ0v) is 9.99. The fourth-order valence-corrected chi connectivity index (χ4v) is 1.69. The summed E-state index contributed by atoms with van der Waals surface area (Å²) in [6.07, 6.45) is 1.96. The highest BCUT2D eigenvalue weighted by atomic mass is 15.3. The van der Waals surface area contributed by atoms with Gasteiger partial charge < -0.3 is 5.32 Å². The maximum atomic E-state index is 4.33. The summed E-state index contributed by atoms with van der Waals surface area (Å²) in [5.41, 5.74) is 4.86. The topological polar surface area (TPSA) is 29.9 Å². The molecule has 0 fully saturated rings. The summed E-state index contributed by atoms with van der Waals surface area (Å²) in [6, 6.07) is 8.33. The second-order valence-corrected chi connectivity index (χ2v) is 4.08. The van der Waals surface area contributed by atoms with E-state index in [0.29, 0.717) is 0 Å². The third-order valence-electron chi connectivity index (χ3n) is 2.83. The van der Waals surface area contributed by atoms with Gasteiger partial charge in [0.15, 0.2) is 0 Å². The molecule has 0 amide bonds. The lowest BCUT2D eigenvalue weighted by Crippen LogP contribution is -2.03. The van der Waals surface area contributed by atoms with Gasteiger partial charge in [-0.1, -0.05) is 12.1 Å². The molecule has 0 bridgehead atoms. The van der Waals surface area contributed by atoms with Crippen molar-refractivity contribution in [3.63, 3.8) is 0 Å². The summed E-state index contributed by atoms with van der Waals surface area (Å²) in [6.45, 7) is 5.03. The van der Waals surface area contributed by atoms with Gasteiger partial charge in [-0.3, -0.25) is 4.68 Å². The van der Waals surface area contributed by atoms with E-state index in [9.17, 15) is 0 Å². The minimum absolute atomic E-state index is 0.769. The Morgan fingerprint density at radius 2 is 2.06 bits per heavy atom. The Bertz CT molecular complexity index is 486. The van der Waals surface area contributed by atoms with Crippen molar-refractivity contribution >= 4 is 5.69 Å². The number of anilines is 1. The molecule has 2 aromatic rings. The number of aryl methyl sites for hydroxylation is 2. The van der Waals surface area contributed by atoms with E-state index in [2.05, 4.69) is 42.5 Å². The molecule has 0 aliphatic rings. The Labute approximate surface area is 96.1 Å². The van der Waals surface area contributed by atoms with Crippen LogP contribution in [0.25, 0.3) is 0 Å². The minimum atomic E-state index is 0.769. The highest BCUT2D eigenvalue weighted by molar-refractivity contribution is 5.53. The molecule has 84 valence electrons. The van der Waals surface area contributed by atoms with Gasteiger partial charge in [0.25, 0.3) is 0 Å². The van der Waals surface area contributed by atoms with Crippen molar-refractivity contribution in [3.05, 3.63) is 47.3 Å². The highest BCUT2D eigenvalue weighted by Crippen LogP contribution is 2.18. The lowest BCUT2D eigenvalue weighted by Gasteiger charge is -2.10. The lowest BCUT2D eigenvalue weighted by atomic mass is 10.1. The van der Waals surface area contributed by atoms with E-state index >= 15 is 0 Å². The highest BCUT2D eigenvalue weighted by Gasteiger charge is 2.01. The van der Waals surface area contributed by atoms with Crippen LogP contribution in [-0.2, 0) is 13.6 Å². The Morgan fingerprint density at radius 1 is 1.25 bits per heavy atom. The zero-order valence-electron chi connectivity index (χ0n) is 9.99. The summed E-state index contributed by atoms with van der Waals surface area (Å²) in [4.78, 5) is 0. The van der Waals surface area contributed by atoms with E-state index in [1.165, 1.54) is 16.8 Å². The van der Waals surface area contributed by atoms with E-state index in [0.717, 1.165) is 12.2 Å². The Balaban J connectivity index is 2.07. The molecule has 1 aromatic carbocycles. The molecule has 3 heteroatoms. The molecule has 0 aliphatic heterocycles. The molecule has 0 spiro atoms. The first-order chi connectivity index (χ1) is 7.66. The van der Waals surface area contributed by atoms with Gasteiger partial charge in [-0.25, -0.2) is 0 Å². The number of hydrogen-bond acceptors (Lipinski definition) is 2. The van der Waals surface area contributed by atoms with Crippen LogP contribution in [0.1, 0.15) is 16.8 Å². The molecular weight excluding hydrogens is 198 g/mol. The fraction of sp³-hybridized carbons (Fsp3) is 0.308. The molecule has 1 N–H and O–H groups in total. The predicted octanol–water partition coefficient (Wildman–Crippen LogP) is 2.65. The quantitative estimate of drug-likeness (QED) is 0.853. The molecule has 0 saturated heterocycles. The molecule has 1 heterocycles. The molecule has 2 rings (SSSR count). The van der Waals surface area contributed by atoms with Crippen LogP contribution in [0.15, 0.2) is 30.5 Å². The van der Waals surface area contributed by atoms with Gasteiger partial charge in [-0.2, -0.15) is 5.10 Å². The fourth-order valence-electron chi connectivity index (χ4n) is 1.69. The molecule has 16 heavy (non-hydrogen) atoms. The monoisotopic (exact) mass is 215 g/mol. The molecule has 0 radical (unpaired) electrons. The number of benzene rings is 1. The van der Waals surface area contributed by atoms with Crippen LogP contribution < -0.4 is 5.32 Å². The van der Waals surface area contributed by atoms with Gasteiger partial charge >= 0.3 is 0 Å². The smallest absolute Gasteiger partial charge is 0.0815 e. The lowest BCUT2D eigenvalue weighted by molar-refractivity contribution is 0.747. The maximum Gasteiger partial charge on any atom is 0.0815 e. The van der Waals surface area contributed by atoms with Crippen molar-refractivity contribution in [1.29, 1.82) is 0 Å². The minimum Gasteiger partial charge on any atom is -0.379 e. The van der Waals surface area contributed by atoms with Gasteiger partial charge in [-0.05, 0) is 37.1 Å². The first-order valence-corrected chi connectivity index (χ1v) is 5.45. The first kappa shape index (κ1) is 10.7. The first-order valence-electron chi connectivity index (χ1n) is 5.45. The van der Waals surface area contributed by atoms with E-state index < -0.39 is 0 Å². The van der Waals surface area contributed by atoms with Crippen molar-refractivity contribution < 1.29 is 0 Å². The Kier molecular flexibility index (Phi) is 2.95. The second kappa shape index (κ2) is 4.39. The van der Waals surface area contributed by atoms with E-state index in [-0.39, 0.29) is 0 Å². The number of hydrogen-bond donors (Lipinski definition) is 1. The third kappa shape index (κ3) is 2.24. The third-order valence-corrected chi connectivity index (χ3v) is 2.83. The molecule has 0 atom stereocenters. The van der Waals surface area contributed by atoms with E-state index in [4.69, 9.17) is 0 Å². The number of nitrogens with zero attached hydrogens (tertiary/aromatic N) is 2. The van der Waals surface area contributed by atoms with Gasteiger partial charge in [0.1, 0.15) is 0 Å². The normalized spacial score (nSPS) is 10.4. The average molecular weight is 215 g/mol. The van der Waals surface area contributed by atoms with Crippen LogP contribution in [0.3, 0.4) is 0 Å². The average Bonchev–Trinajstić information content (AvgIpc) is 2.67. The molecule has 3 nitrogen and oxygen atoms in total. The molecule has 0 saturated carbocycles. The number of rotatable bonds is 3. The SMILES string of the molecule is Cc1cccc(NCc2ccn(C)n2)c1C. The maximum absolute atomic E-state index is 4.33. The molecular formula is C13H17N3. The second-order valence-electron chi connectivity index (χ2n) is 4.08. The molecule has 0 unspecified atom stereocenters. The van der Waals surface area contributed by atoms with Gasteiger partial charge in [0.2, 0.25) is 0 Å². The van der Waals surface area contributed by atoms with Crippen LogP contribution in [-0.4, -0.2) is 9.78 Å². The van der Waals surface area contributed by atoms with Crippen LogP contribution in [0.4, 0.5) is 5.69 Å². The van der Waals surface area contributed by atoms with Crippen molar-refractivity contribution in [1.82, 2.24) is 9.78 Å². The Hall–Kier alpha value is -1.77.